The van der Waals surface area contributed by atoms with Crippen molar-refractivity contribution in [2.75, 3.05) is 0 Å². The second-order valence-electron chi connectivity index (χ2n) is 8.46. The van der Waals surface area contributed by atoms with Gasteiger partial charge in [0.25, 0.3) is 11.5 Å². The van der Waals surface area contributed by atoms with E-state index in [1.165, 1.54) is 24.3 Å². The molecule has 0 aromatic heterocycles. The number of amides is 1. The Labute approximate surface area is 203 Å². The number of hydrogen-bond donors (Lipinski definition) is 0. The monoisotopic (exact) mass is 534 g/mol. The van der Waals surface area contributed by atoms with E-state index in [1.807, 2.05) is 0 Å². The van der Waals surface area contributed by atoms with Gasteiger partial charge in [-0.25, -0.2) is 19.6 Å². The number of alkyl halides is 6. The fourth-order valence-corrected chi connectivity index (χ4v) is 4.84. The summed E-state index contributed by atoms with van der Waals surface area (Å²) in [5.41, 5.74) is -5.36. The van der Waals surface area contributed by atoms with Crippen LogP contribution in [0.3, 0.4) is 0 Å². The molecule has 4 rings (SSSR count). The van der Waals surface area contributed by atoms with Crippen molar-refractivity contribution in [1.82, 2.24) is 10.0 Å². The number of carbonyl (C=O) groups excluding carboxylic acids is 5. The van der Waals surface area contributed by atoms with Gasteiger partial charge in [0.05, 0.1) is 0 Å². The highest BCUT2D eigenvalue weighted by Crippen LogP contribution is 2.52. The Balaban J connectivity index is 1.86. The van der Waals surface area contributed by atoms with Crippen LogP contribution in [0, 0.1) is 5.92 Å². The van der Waals surface area contributed by atoms with E-state index in [0.29, 0.717) is 10.0 Å². The van der Waals surface area contributed by atoms with Gasteiger partial charge in [0.15, 0.2) is 5.78 Å². The van der Waals surface area contributed by atoms with Crippen molar-refractivity contribution in [1.29, 1.82) is 0 Å². The van der Waals surface area contributed by atoms with E-state index in [0.717, 1.165) is 19.2 Å². The van der Waals surface area contributed by atoms with Crippen molar-refractivity contribution in [3.8, 4) is 0 Å². The van der Waals surface area contributed by atoms with Crippen LogP contribution >= 0.6 is 0 Å². The summed E-state index contributed by atoms with van der Waals surface area (Å²) in [6, 6.07) is 5.35. The molecule has 2 bridgehead atoms. The minimum absolute atomic E-state index is 0.238. The summed E-state index contributed by atoms with van der Waals surface area (Å²) in [4.78, 5) is 63.4. The lowest BCUT2D eigenvalue weighted by molar-refractivity contribution is -0.241. The number of allylic oxidation sites excluding steroid dienone is 1. The molecule has 198 valence electrons. The molecule has 3 heterocycles. The van der Waals surface area contributed by atoms with Crippen LogP contribution in [-0.4, -0.2) is 69.2 Å². The minimum Gasteiger partial charge on any atom is -0.434 e. The molecular formula is C22H16F6N2O7. The highest BCUT2D eigenvalue weighted by Gasteiger charge is 2.77. The Hall–Kier alpha value is -3.91. The number of hydrogen-bond acceptors (Lipinski definition) is 8. The molecule has 0 N–H and O–H groups in total. The molecule has 2 saturated heterocycles. The number of halogens is 6. The number of rotatable bonds is 5. The summed E-state index contributed by atoms with van der Waals surface area (Å²) < 4.78 is 87.7. The Bertz CT molecular complexity index is 1210. The zero-order valence-corrected chi connectivity index (χ0v) is 18.6. The van der Waals surface area contributed by atoms with Gasteiger partial charge in [-0.1, -0.05) is 37.3 Å². The van der Waals surface area contributed by atoms with Gasteiger partial charge in [-0.15, -0.1) is 0 Å². The fourth-order valence-electron chi connectivity index (χ4n) is 4.84. The number of ether oxygens (including phenoxy) is 2. The molecule has 4 atom stereocenters. The molecule has 2 fully saturated rings. The lowest BCUT2D eigenvalue weighted by Crippen LogP contribution is -2.62. The van der Waals surface area contributed by atoms with E-state index in [2.05, 4.69) is 4.74 Å². The largest absolute Gasteiger partial charge is 0.491 e. The topological polar surface area (TPSA) is 110 Å². The maximum atomic E-state index is 13.4. The van der Waals surface area contributed by atoms with Gasteiger partial charge in [-0.3, -0.25) is 14.4 Å². The van der Waals surface area contributed by atoms with Gasteiger partial charge in [-0.05, 0) is 11.6 Å². The first kappa shape index (κ1) is 26.2. The van der Waals surface area contributed by atoms with Crippen molar-refractivity contribution in [3.05, 3.63) is 48.2 Å². The second kappa shape index (κ2) is 8.31. The number of nitrogens with zero attached hydrogens (tertiary/aromatic N) is 2. The van der Waals surface area contributed by atoms with Crippen molar-refractivity contribution < 1.29 is 59.8 Å². The highest BCUT2D eigenvalue weighted by atomic mass is 19.4. The maximum Gasteiger partial charge on any atom is 0.491 e. The Morgan fingerprint density at radius 3 is 2.05 bits per heavy atom. The Kier molecular flexibility index (Phi) is 5.88. The van der Waals surface area contributed by atoms with Gasteiger partial charge < -0.3 is 9.47 Å². The molecule has 0 spiro atoms. The molecule has 0 saturated carbocycles. The summed E-state index contributed by atoms with van der Waals surface area (Å²) >= 11 is 0. The zero-order valence-electron chi connectivity index (χ0n) is 18.6. The molecule has 15 heteroatoms. The van der Waals surface area contributed by atoms with E-state index >= 15 is 0 Å². The smallest absolute Gasteiger partial charge is 0.434 e. The Morgan fingerprint density at radius 1 is 0.946 bits per heavy atom. The third-order valence-corrected chi connectivity index (χ3v) is 6.39. The molecule has 4 unspecified atom stereocenters. The van der Waals surface area contributed by atoms with Crippen LogP contribution in [0.4, 0.5) is 26.3 Å². The second-order valence-corrected chi connectivity index (χ2v) is 8.46. The van der Waals surface area contributed by atoms with Crippen LogP contribution in [0.1, 0.15) is 18.9 Å². The fraction of sp³-hybridized carbons (Fsp3) is 0.409. The molecule has 0 aliphatic carbocycles. The summed E-state index contributed by atoms with van der Waals surface area (Å²) in [7, 11) is 0. The summed E-state index contributed by atoms with van der Waals surface area (Å²) in [5.74, 6) is -11.6. The van der Waals surface area contributed by atoms with Gasteiger partial charge >= 0.3 is 24.3 Å². The predicted octanol–water partition coefficient (Wildman–Crippen LogP) is 2.01. The van der Waals surface area contributed by atoms with Gasteiger partial charge in [0.2, 0.25) is 11.5 Å². The third-order valence-electron chi connectivity index (χ3n) is 6.39. The SMILES string of the molecule is CCC1(OC(=O)C(F)(F)F)C(=O)C2C3C(=O)C=CN(N2C1=O)C3(Cc1ccccc1)OC(=O)C(F)(F)F. The van der Waals surface area contributed by atoms with Gasteiger partial charge in [0.1, 0.15) is 12.0 Å². The summed E-state index contributed by atoms with van der Waals surface area (Å²) in [6.45, 7) is 1.07. The summed E-state index contributed by atoms with van der Waals surface area (Å²) in [6.07, 6.45) is -10.9. The van der Waals surface area contributed by atoms with E-state index in [4.69, 9.17) is 4.74 Å². The predicted molar refractivity (Wildman–Crippen MR) is 105 cm³/mol. The molecule has 1 amide bonds. The van der Waals surface area contributed by atoms with Gasteiger partial charge in [-0.2, -0.15) is 26.3 Å². The molecule has 37 heavy (non-hydrogen) atoms. The van der Waals surface area contributed by atoms with E-state index < -0.39 is 77.9 Å². The standard InChI is InChI=1S/C22H16F6N2O7/c1-2-19(36-17(34)21(23,24)25)15(32)14-13-12(31)8-9-29(30(14)16(19)33)20(13,37-18(35)22(26,27)28)10-11-6-4-3-5-7-11/h3-9,13-14H,2,10H2,1H3. The van der Waals surface area contributed by atoms with E-state index in [1.54, 1.807) is 6.07 Å². The molecule has 9 nitrogen and oxygen atoms in total. The number of Topliss-reactive ketones (excluding diaryl/α,β-unsaturated/α-hetero) is 1. The number of fused-ring (bicyclic) bond motifs is 5. The number of ketones is 2. The average molecular weight is 534 g/mol. The number of benzene rings is 1. The van der Waals surface area contributed by atoms with Crippen LogP contribution in [0.25, 0.3) is 0 Å². The normalized spacial score (nSPS) is 29.0. The lowest BCUT2D eigenvalue weighted by Gasteiger charge is -2.44. The third kappa shape index (κ3) is 3.83. The van der Waals surface area contributed by atoms with Crippen molar-refractivity contribution in [2.45, 2.75) is 49.5 Å². The van der Waals surface area contributed by atoms with Gasteiger partial charge in [0, 0.05) is 19.0 Å². The molecule has 1 aromatic carbocycles. The number of carbonyl (C=O) groups is 5. The van der Waals surface area contributed by atoms with Crippen LogP contribution in [0.2, 0.25) is 0 Å². The first-order valence-corrected chi connectivity index (χ1v) is 10.6. The quantitative estimate of drug-likeness (QED) is 0.321. The molecular weight excluding hydrogens is 518 g/mol. The molecule has 0 radical (unpaired) electrons. The maximum absolute atomic E-state index is 13.4. The van der Waals surface area contributed by atoms with E-state index in [-0.39, 0.29) is 5.56 Å². The first-order valence-electron chi connectivity index (χ1n) is 10.6. The molecule has 1 aromatic rings. The van der Waals surface area contributed by atoms with Crippen molar-refractivity contribution in [2.24, 2.45) is 5.92 Å². The van der Waals surface area contributed by atoms with Crippen molar-refractivity contribution in [3.63, 3.8) is 0 Å². The Morgan fingerprint density at radius 2 is 1.51 bits per heavy atom. The first-order chi connectivity index (χ1) is 17.1. The summed E-state index contributed by atoms with van der Waals surface area (Å²) in [5, 5.41) is 1.04. The van der Waals surface area contributed by atoms with Crippen molar-refractivity contribution >= 4 is 29.4 Å². The number of hydrazine groups is 1. The minimum atomic E-state index is -5.58. The van der Waals surface area contributed by atoms with Crippen LogP contribution in [0.15, 0.2) is 42.6 Å². The zero-order chi connectivity index (χ0) is 27.6. The molecule has 3 aliphatic heterocycles. The van der Waals surface area contributed by atoms with Crippen LogP contribution in [-0.2, 0) is 39.9 Å². The van der Waals surface area contributed by atoms with E-state index in [9.17, 15) is 50.3 Å². The molecule has 3 aliphatic rings. The average Bonchev–Trinajstić information content (AvgIpc) is 3.10. The lowest BCUT2D eigenvalue weighted by atomic mass is 9.77. The van der Waals surface area contributed by atoms with Crippen LogP contribution in [0.5, 0.6) is 0 Å². The van der Waals surface area contributed by atoms with Crippen LogP contribution < -0.4 is 0 Å². The number of esters is 2. The highest BCUT2D eigenvalue weighted by molar-refractivity contribution is 6.21.